The molecule has 1 atom stereocenters. The fraction of sp³-hybridized carbons (Fsp3) is 0.333. The SMILES string of the molecule is CCOc1ccc(S(=O)(=O)N2CCCC(c3nnc(-c4ccccc4F)o3)C2)cc1Cl. The smallest absolute Gasteiger partial charge is 0.250 e. The van der Waals surface area contributed by atoms with Crippen LogP contribution in [0.15, 0.2) is 51.8 Å². The summed E-state index contributed by atoms with van der Waals surface area (Å²) in [4.78, 5) is 0.0965. The number of halogens is 2. The van der Waals surface area contributed by atoms with Crippen LogP contribution in [0.2, 0.25) is 5.02 Å². The Labute approximate surface area is 184 Å². The van der Waals surface area contributed by atoms with Crippen molar-refractivity contribution in [2.24, 2.45) is 0 Å². The van der Waals surface area contributed by atoms with Gasteiger partial charge in [-0.05, 0) is 50.1 Å². The number of sulfonamides is 1. The molecule has 1 aliphatic heterocycles. The van der Waals surface area contributed by atoms with Gasteiger partial charge in [0.1, 0.15) is 11.6 Å². The predicted molar refractivity (Wildman–Crippen MR) is 113 cm³/mol. The molecule has 1 unspecified atom stereocenters. The third-order valence-corrected chi connectivity index (χ3v) is 7.28. The first-order valence-electron chi connectivity index (χ1n) is 9.91. The molecule has 164 valence electrons. The molecule has 0 radical (unpaired) electrons. The number of ether oxygens (including phenoxy) is 1. The number of hydrogen-bond donors (Lipinski definition) is 0. The second kappa shape index (κ2) is 8.94. The summed E-state index contributed by atoms with van der Waals surface area (Å²) < 4.78 is 52.8. The van der Waals surface area contributed by atoms with Crippen molar-refractivity contribution in [1.82, 2.24) is 14.5 Å². The molecule has 0 amide bonds. The van der Waals surface area contributed by atoms with Crippen molar-refractivity contribution in [3.8, 4) is 17.2 Å². The summed E-state index contributed by atoms with van der Waals surface area (Å²) in [5.74, 6) is 0.0630. The lowest BCUT2D eigenvalue weighted by atomic mass is 10.00. The molecule has 0 saturated carbocycles. The maximum Gasteiger partial charge on any atom is 0.250 e. The lowest BCUT2D eigenvalue weighted by molar-refractivity contribution is 0.286. The standard InChI is InChI=1S/C21H21ClFN3O4S/c1-2-29-19-10-9-15(12-17(19)22)31(27,28)26-11-5-6-14(13-26)20-24-25-21(30-20)16-7-3-4-8-18(16)23/h3-4,7-10,12,14H,2,5-6,11,13H2,1H3. The molecular weight excluding hydrogens is 445 g/mol. The van der Waals surface area contributed by atoms with Gasteiger partial charge in [-0.25, -0.2) is 12.8 Å². The van der Waals surface area contributed by atoms with E-state index >= 15 is 0 Å². The van der Waals surface area contributed by atoms with Gasteiger partial charge in [-0.3, -0.25) is 0 Å². The molecule has 4 rings (SSSR count). The van der Waals surface area contributed by atoms with E-state index in [0.29, 0.717) is 37.6 Å². The van der Waals surface area contributed by atoms with E-state index < -0.39 is 15.8 Å². The van der Waals surface area contributed by atoms with E-state index in [0.717, 1.165) is 0 Å². The molecule has 0 aliphatic carbocycles. The van der Waals surface area contributed by atoms with Gasteiger partial charge in [-0.2, -0.15) is 4.31 Å². The summed E-state index contributed by atoms with van der Waals surface area (Å²) in [6.45, 7) is 2.81. The van der Waals surface area contributed by atoms with E-state index in [4.69, 9.17) is 20.8 Å². The highest BCUT2D eigenvalue weighted by molar-refractivity contribution is 7.89. The van der Waals surface area contributed by atoms with Crippen molar-refractivity contribution in [3.05, 3.63) is 59.2 Å². The summed E-state index contributed by atoms with van der Waals surface area (Å²) in [6.07, 6.45) is 1.32. The molecule has 1 aliphatic rings. The van der Waals surface area contributed by atoms with Crippen LogP contribution >= 0.6 is 11.6 Å². The van der Waals surface area contributed by atoms with Crippen molar-refractivity contribution >= 4 is 21.6 Å². The zero-order valence-corrected chi connectivity index (χ0v) is 18.4. The minimum absolute atomic E-state index is 0.0753. The van der Waals surface area contributed by atoms with E-state index in [1.54, 1.807) is 24.3 Å². The molecular formula is C21H21ClFN3O4S. The van der Waals surface area contributed by atoms with Crippen LogP contribution in [0, 0.1) is 5.82 Å². The molecule has 31 heavy (non-hydrogen) atoms. The van der Waals surface area contributed by atoms with Gasteiger partial charge in [-0.15, -0.1) is 10.2 Å². The Morgan fingerprint density at radius 1 is 1.26 bits per heavy atom. The third-order valence-electron chi connectivity index (χ3n) is 5.12. The summed E-state index contributed by atoms with van der Waals surface area (Å²) in [7, 11) is -3.77. The van der Waals surface area contributed by atoms with Crippen LogP contribution in [0.4, 0.5) is 4.39 Å². The Balaban J connectivity index is 1.55. The van der Waals surface area contributed by atoms with E-state index in [-0.39, 0.29) is 33.8 Å². The lowest BCUT2D eigenvalue weighted by Gasteiger charge is -2.30. The van der Waals surface area contributed by atoms with Crippen molar-refractivity contribution in [2.75, 3.05) is 19.7 Å². The fourth-order valence-electron chi connectivity index (χ4n) is 3.57. The van der Waals surface area contributed by atoms with Crippen molar-refractivity contribution in [1.29, 1.82) is 0 Å². The van der Waals surface area contributed by atoms with E-state index in [1.807, 2.05) is 6.92 Å². The molecule has 0 bridgehead atoms. The van der Waals surface area contributed by atoms with Gasteiger partial charge < -0.3 is 9.15 Å². The first-order valence-corrected chi connectivity index (χ1v) is 11.7. The first-order chi connectivity index (χ1) is 14.9. The summed E-state index contributed by atoms with van der Waals surface area (Å²) in [5, 5.41) is 8.24. The summed E-state index contributed by atoms with van der Waals surface area (Å²) >= 11 is 6.18. The largest absolute Gasteiger partial charge is 0.492 e. The molecule has 1 saturated heterocycles. The average Bonchev–Trinajstić information content (AvgIpc) is 3.26. The number of hydrogen-bond acceptors (Lipinski definition) is 6. The Bertz CT molecular complexity index is 1180. The second-order valence-corrected chi connectivity index (χ2v) is 9.50. The second-order valence-electron chi connectivity index (χ2n) is 7.15. The van der Waals surface area contributed by atoms with Crippen LogP contribution < -0.4 is 4.74 Å². The quantitative estimate of drug-likeness (QED) is 0.533. The molecule has 1 fully saturated rings. The maximum atomic E-state index is 14.0. The van der Waals surface area contributed by atoms with Crippen LogP contribution in [0.3, 0.4) is 0 Å². The molecule has 10 heteroatoms. The van der Waals surface area contributed by atoms with Crippen LogP contribution in [0.1, 0.15) is 31.6 Å². The topological polar surface area (TPSA) is 85.5 Å². The molecule has 0 N–H and O–H groups in total. The van der Waals surface area contributed by atoms with E-state index in [2.05, 4.69) is 10.2 Å². The molecule has 1 aromatic heterocycles. The number of rotatable bonds is 6. The van der Waals surface area contributed by atoms with Gasteiger partial charge in [0.15, 0.2) is 0 Å². The van der Waals surface area contributed by atoms with Crippen LogP contribution in [-0.2, 0) is 10.0 Å². The number of benzene rings is 2. The Kier molecular flexibility index (Phi) is 6.27. The van der Waals surface area contributed by atoms with Gasteiger partial charge in [0.25, 0.3) is 5.89 Å². The van der Waals surface area contributed by atoms with Gasteiger partial charge in [0, 0.05) is 13.1 Å². The van der Waals surface area contributed by atoms with Gasteiger partial charge >= 0.3 is 0 Å². The third kappa shape index (κ3) is 4.44. The van der Waals surface area contributed by atoms with E-state index in [1.165, 1.54) is 22.5 Å². The molecule has 2 heterocycles. The fourth-order valence-corrected chi connectivity index (χ4v) is 5.42. The summed E-state index contributed by atoms with van der Waals surface area (Å²) in [5.41, 5.74) is 0.213. The van der Waals surface area contributed by atoms with E-state index in [9.17, 15) is 12.8 Å². The minimum Gasteiger partial charge on any atom is -0.492 e. The average molecular weight is 466 g/mol. The van der Waals surface area contributed by atoms with Crippen molar-refractivity contribution in [2.45, 2.75) is 30.6 Å². The highest BCUT2D eigenvalue weighted by Gasteiger charge is 2.33. The zero-order chi connectivity index (χ0) is 22.0. The van der Waals surface area contributed by atoms with Crippen LogP contribution in [0.5, 0.6) is 5.75 Å². The van der Waals surface area contributed by atoms with Gasteiger partial charge in [0.2, 0.25) is 15.9 Å². The Morgan fingerprint density at radius 2 is 2.06 bits per heavy atom. The monoisotopic (exact) mass is 465 g/mol. The Hall–Kier alpha value is -2.49. The zero-order valence-electron chi connectivity index (χ0n) is 16.8. The maximum absolute atomic E-state index is 14.0. The predicted octanol–water partition coefficient (Wildman–Crippen LogP) is 4.50. The minimum atomic E-state index is -3.77. The van der Waals surface area contributed by atoms with Gasteiger partial charge in [0.05, 0.1) is 28.0 Å². The normalized spacial score (nSPS) is 17.6. The first kappa shape index (κ1) is 21.7. The molecule has 3 aromatic rings. The molecule has 7 nitrogen and oxygen atoms in total. The van der Waals surface area contributed by atoms with Crippen LogP contribution in [-0.4, -0.2) is 42.6 Å². The highest BCUT2D eigenvalue weighted by Crippen LogP contribution is 2.33. The Morgan fingerprint density at radius 3 is 2.81 bits per heavy atom. The lowest BCUT2D eigenvalue weighted by Crippen LogP contribution is -2.39. The molecule has 0 spiro atoms. The molecule has 2 aromatic carbocycles. The highest BCUT2D eigenvalue weighted by atomic mass is 35.5. The van der Waals surface area contributed by atoms with Crippen molar-refractivity contribution in [3.63, 3.8) is 0 Å². The van der Waals surface area contributed by atoms with Crippen LogP contribution in [0.25, 0.3) is 11.5 Å². The summed E-state index contributed by atoms with van der Waals surface area (Å²) in [6, 6.07) is 10.6. The number of piperidine rings is 1. The number of aromatic nitrogens is 2. The van der Waals surface area contributed by atoms with Crippen molar-refractivity contribution < 1.29 is 22.0 Å². The van der Waals surface area contributed by atoms with Gasteiger partial charge in [-0.1, -0.05) is 23.7 Å². The number of nitrogens with zero attached hydrogens (tertiary/aromatic N) is 3.